The van der Waals surface area contributed by atoms with Crippen LogP contribution in [-0.2, 0) is 0 Å². The van der Waals surface area contributed by atoms with Crippen molar-refractivity contribution in [3.63, 3.8) is 0 Å². The zero-order valence-electron chi connectivity index (χ0n) is 19.3. The van der Waals surface area contributed by atoms with Crippen LogP contribution in [0.2, 0.25) is 0 Å². The van der Waals surface area contributed by atoms with Crippen LogP contribution in [0.4, 0.5) is 0 Å². The van der Waals surface area contributed by atoms with Crippen LogP contribution in [0.1, 0.15) is 22.8 Å². The van der Waals surface area contributed by atoms with Crippen LogP contribution in [0, 0.1) is 0 Å². The SMILES string of the molecule is CCOc1ccc(C(=O)N/N=C/c2cn(-c3cccc4ccccc34)nc2-c2ccccc2)cc1. The maximum atomic E-state index is 12.5. The summed E-state index contributed by atoms with van der Waals surface area (Å²) in [5.41, 5.74) is 6.61. The lowest BCUT2D eigenvalue weighted by atomic mass is 10.1. The molecular formula is C29H24N4O2. The number of amides is 1. The van der Waals surface area contributed by atoms with E-state index in [1.54, 1.807) is 30.5 Å². The fourth-order valence-corrected chi connectivity index (χ4v) is 3.93. The van der Waals surface area contributed by atoms with Crippen molar-refractivity contribution in [1.82, 2.24) is 15.2 Å². The molecule has 0 aliphatic carbocycles. The van der Waals surface area contributed by atoms with E-state index in [1.807, 2.05) is 72.4 Å². The van der Waals surface area contributed by atoms with Crippen LogP contribution >= 0.6 is 0 Å². The Kier molecular flexibility index (Phi) is 6.35. The van der Waals surface area contributed by atoms with Gasteiger partial charge in [-0.3, -0.25) is 4.79 Å². The fourth-order valence-electron chi connectivity index (χ4n) is 3.93. The number of carbonyl (C=O) groups excluding carboxylic acids is 1. The summed E-state index contributed by atoms with van der Waals surface area (Å²) in [4.78, 5) is 12.5. The molecule has 1 amide bonds. The molecule has 0 aliphatic rings. The Bertz CT molecular complexity index is 1480. The summed E-state index contributed by atoms with van der Waals surface area (Å²) in [5, 5.41) is 11.3. The normalized spacial score (nSPS) is 11.1. The first-order valence-corrected chi connectivity index (χ1v) is 11.4. The Labute approximate surface area is 203 Å². The van der Waals surface area contributed by atoms with Crippen LogP contribution in [-0.4, -0.2) is 28.5 Å². The van der Waals surface area contributed by atoms with Gasteiger partial charge in [-0.05, 0) is 42.6 Å². The highest BCUT2D eigenvalue weighted by Gasteiger charge is 2.13. The number of carbonyl (C=O) groups is 1. The first kappa shape index (κ1) is 22.1. The molecule has 1 aromatic heterocycles. The van der Waals surface area contributed by atoms with E-state index >= 15 is 0 Å². The molecule has 0 atom stereocenters. The highest BCUT2D eigenvalue weighted by atomic mass is 16.5. The van der Waals surface area contributed by atoms with E-state index in [0.29, 0.717) is 12.2 Å². The highest BCUT2D eigenvalue weighted by Crippen LogP contribution is 2.26. The molecule has 0 bridgehead atoms. The van der Waals surface area contributed by atoms with E-state index < -0.39 is 0 Å². The minimum atomic E-state index is -0.299. The molecule has 5 aromatic rings. The zero-order chi connectivity index (χ0) is 24.0. The van der Waals surface area contributed by atoms with Gasteiger partial charge in [-0.2, -0.15) is 10.2 Å². The van der Waals surface area contributed by atoms with Gasteiger partial charge in [-0.15, -0.1) is 0 Å². The van der Waals surface area contributed by atoms with Gasteiger partial charge in [-0.25, -0.2) is 10.1 Å². The Balaban J connectivity index is 1.45. The van der Waals surface area contributed by atoms with Gasteiger partial charge >= 0.3 is 0 Å². The molecule has 4 aromatic carbocycles. The second-order valence-corrected chi connectivity index (χ2v) is 7.90. The second-order valence-electron chi connectivity index (χ2n) is 7.90. The highest BCUT2D eigenvalue weighted by molar-refractivity contribution is 5.96. The van der Waals surface area contributed by atoms with E-state index in [2.05, 4.69) is 28.7 Å². The summed E-state index contributed by atoms with van der Waals surface area (Å²) in [6.07, 6.45) is 3.56. The molecule has 0 spiro atoms. The summed E-state index contributed by atoms with van der Waals surface area (Å²) in [6.45, 7) is 2.49. The number of fused-ring (bicyclic) bond motifs is 1. The molecule has 6 heteroatoms. The van der Waals surface area contributed by atoms with Crippen molar-refractivity contribution in [1.29, 1.82) is 0 Å². The molecule has 0 radical (unpaired) electrons. The average molecular weight is 461 g/mol. The Morgan fingerprint density at radius 2 is 1.69 bits per heavy atom. The van der Waals surface area contributed by atoms with Gasteiger partial charge in [-0.1, -0.05) is 66.7 Å². The molecule has 35 heavy (non-hydrogen) atoms. The predicted octanol–water partition coefficient (Wildman–Crippen LogP) is 5.86. The number of hydrazone groups is 1. The molecule has 172 valence electrons. The van der Waals surface area contributed by atoms with Crippen LogP contribution in [0.25, 0.3) is 27.7 Å². The first-order chi connectivity index (χ1) is 17.2. The van der Waals surface area contributed by atoms with Crippen molar-refractivity contribution >= 4 is 22.9 Å². The summed E-state index contributed by atoms with van der Waals surface area (Å²) in [5.74, 6) is 0.424. The molecule has 0 unspecified atom stereocenters. The smallest absolute Gasteiger partial charge is 0.271 e. The molecule has 6 nitrogen and oxygen atoms in total. The van der Waals surface area contributed by atoms with Gasteiger partial charge in [0, 0.05) is 28.3 Å². The van der Waals surface area contributed by atoms with Crippen molar-refractivity contribution in [2.45, 2.75) is 6.92 Å². The number of ether oxygens (including phenoxy) is 1. The van der Waals surface area contributed by atoms with E-state index in [-0.39, 0.29) is 5.91 Å². The number of hydrogen-bond acceptors (Lipinski definition) is 4. The topological polar surface area (TPSA) is 68.5 Å². The van der Waals surface area contributed by atoms with Crippen molar-refractivity contribution in [2.75, 3.05) is 6.61 Å². The van der Waals surface area contributed by atoms with Crippen molar-refractivity contribution < 1.29 is 9.53 Å². The lowest BCUT2D eigenvalue weighted by molar-refractivity contribution is 0.0955. The zero-order valence-corrected chi connectivity index (χ0v) is 19.3. The second kappa shape index (κ2) is 10.1. The van der Waals surface area contributed by atoms with Crippen molar-refractivity contribution in [3.8, 4) is 22.7 Å². The minimum absolute atomic E-state index is 0.299. The van der Waals surface area contributed by atoms with E-state index in [9.17, 15) is 4.79 Å². The van der Waals surface area contributed by atoms with Gasteiger partial charge < -0.3 is 4.74 Å². The monoisotopic (exact) mass is 460 g/mol. The molecule has 1 heterocycles. The van der Waals surface area contributed by atoms with Gasteiger partial charge in [0.15, 0.2) is 0 Å². The first-order valence-electron chi connectivity index (χ1n) is 11.4. The van der Waals surface area contributed by atoms with Crippen LogP contribution in [0.3, 0.4) is 0 Å². The Hall–Kier alpha value is -4.71. The maximum Gasteiger partial charge on any atom is 0.271 e. The number of hydrogen-bond donors (Lipinski definition) is 1. The quantitative estimate of drug-likeness (QED) is 0.244. The Morgan fingerprint density at radius 3 is 2.49 bits per heavy atom. The molecule has 5 rings (SSSR count). The molecule has 0 fully saturated rings. The number of aromatic nitrogens is 2. The predicted molar refractivity (Wildman–Crippen MR) is 139 cm³/mol. The summed E-state index contributed by atoms with van der Waals surface area (Å²) in [7, 11) is 0. The van der Waals surface area contributed by atoms with Gasteiger partial charge in [0.1, 0.15) is 11.4 Å². The fraction of sp³-hybridized carbons (Fsp3) is 0.0690. The molecular weight excluding hydrogens is 436 g/mol. The van der Waals surface area contributed by atoms with Crippen molar-refractivity contribution in [3.05, 3.63) is 114 Å². The third-order valence-electron chi connectivity index (χ3n) is 5.60. The van der Waals surface area contributed by atoms with Crippen LogP contribution in [0.15, 0.2) is 108 Å². The average Bonchev–Trinajstić information content (AvgIpc) is 3.33. The summed E-state index contributed by atoms with van der Waals surface area (Å²) in [6, 6.07) is 31.2. The summed E-state index contributed by atoms with van der Waals surface area (Å²) >= 11 is 0. The lowest BCUT2D eigenvalue weighted by Crippen LogP contribution is -2.17. The van der Waals surface area contributed by atoms with Crippen LogP contribution < -0.4 is 10.2 Å². The van der Waals surface area contributed by atoms with E-state index in [0.717, 1.165) is 39.0 Å². The van der Waals surface area contributed by atoms with Gasteiger partial charge in [0.05, 0.1) is 18.5 Å². The number of nitrogens with one attached hydrogen (secondary N) is 1. The summed E-state index contributed by atoms with van der Waals surface area (Å²) < 4.78 is 7.29. The largest absolute Gasteiger partial charge is 0.494 e. The molecule has 1 N–H and O–H groups in total. The lowest BCUT2D eigenvalue weighted by Gasteiger charge is -2.06. The van der Waals surface area contributed by atoms with Gasteiger partial charge in [0.25, 0.3) is 5.91 Å². The van der Waals surface area contributed by atoms with E-state index in [1.165, 1.54) is 0 Å². The number of nitrogens with zero attached hydrogens (tertiary/aromatic N) is 3. The maximum absolute atomic E-state index is 12.5. The van der Waals surface area contributed by atoms with E-state index in [4.69, 9.17) is 9.84 Å². The third-order valence-corrected chi connectivity index (χ3v) is 5.60. The Morgan fingerprint density at radius 1 is 0.943 bits per heavy atom. The third kappa shape index (κ3) is 4.82. The van der Waals surface area contributed by atoms with Crippen LogP contribution in [0.5, 0.6) is 5.75 Å². The van der Waals surface area contributed by atoms with Crippen molar-refractivity contribution in [2.24, 2.45) is 5.10 Å². The molecule has 0 saturated heterocycles. The molecule has 0 aliphatic heterocycles. The standard InChI is InChI=1S/C29H24N4O2/c1-2-35-25-17-15-23(16-18-25)29(34)31-30-19-24-20-33(32-28(24)22-10-4-3-5-11-22)27-14-8-12-21-9-6-7-13-26(21)27/h3-20H,2H2,1H3,(H,31,34)/b30-19+. The molecule has 0 saturated carbocycles. The minimum Gasteiger partial charge on any atom is -0.494 e. The van der Waals surface area contributed by atoms with Gasteiger partial charge in [0.2, 0.25) is 0 Å². The number of rotatable bonds is 7. The number of benzene rings is 4.